The van der Waals surface area contributed by atoms with Crippen LogP contribution in [0.15, 0.2) is 224 Å². The maximum absolute atomic E-state index is 2.60. The molecule has 0 spiro atoms. The first-order chi connectivity index (χ1) is 41.3. The lowest BCUT2D eigenvalue weighted by molar-refractivity contribution is 0.590. The summed E-state index contributed by atoms with van der Waals surface area (Å²) in [7, 11) is 0. The molecule has 0 fully saturated rings. The monoisotopic (exact) mass is 1110 g/mol. The number of aryl methyl sites for hydroxylation is 3. The Balaban J connectivity index is 0.985. The molecule has 2 heteroatoms. The van der Waals surface area contributed by atoms with Crippen LogP contribution in [0.2, 0.25) is 0 Å². The topological polar surface area (TPSA) is 8.17 Å². The van der Waals surface area contributed by atoms with Gasteiger partial charge >= 0.3 is 0 Å². The van der Waals surface area contributed by atoms with Gasteiger partial charge in [-0.25, -0.2) is 0 Å². The molecule has 0 bridgehead atoms. The molecule has 0 saturated carbocycles. The number of unbranched alkanes of at least 4 members (excludes halogenated alkanes) is 6. The third kappa shape index (κ3) is 13.2. The Morgan fingerprint density at radius 3 is 1.31 bits per heavy atom. The quantitative estimate of drug-likeness (QED) is 0.0651. The van der Waals surface area contributed by atoms with Crippen molar-refractivity contribution in [3.8, 4) is 61.3 Å². The summed E-state index contributed by atoms with van der Waals surface area (Å²) in [5.74, 6) is 0. The largest absolute Gasteiger partial charge is 0.311 e. The van der Waals surface area contributed by atoms with Gasteiger partial charge in [0.05, 0.1) is 11.0 Å². The smallest absolute Gasteiger partial charge is 0.0547 e. The number of benzene rings is 10. The predicted octanol–water partition coefficient (Wildman–Crippen LogP) is 24.4. The highest BCUT2D eigenvalue weighted by atomic mass is 15.1. The summed E-state index contributed by atoms with van der Waals surface area (Å²) in [6, 6.07) is 85.8. The van der Waals surface area contributed by atoms with Crippen molar-refractivity contribution >= 4 is 38.9 Å². The summed E-state index contributed by atoms with van der Waals surface area (Å²) in [4.78, 5) is 2.42. The van der Waals surface area contributed by atoms with Crippen LogP contribution in [0.1, 0.15) is 148 Å². The number of anilines is 3. The van der Waals surface area contributed by atoms with Crippen LogP contribution in [0.4, 0.5) is 17.1 Å². The molecule has 430 valence electrons. The fourth-order valence-electron chi connectivity index (χ4n) is 12.7. The number of rotatable bonds is 21. The predicted molar refractivity (Wildman–Crippen MR) is 370 cm³/mol. The van der Waals surface area contributed by atoms with E-state index in [9.17, 15) is 0 Å². The number of para-hydroxylation sites is 1. The molecule has 2 nitrogen and oxygen atoms in total. The Kier molecular flexibility index (Phi) is 17.9. The number of aromatic nitrogens is 1. The van der Waals surface area contributed by atoms with Gasteiger partial charge in [-0.1, -0.05) is 271 Å². The molecule has 0 aliphatic carbocycles. The highest BCUT2D eigenvalue weighted by Gasteiger charge is 2.21. The van der Waals surface area contributed by atoms with Crippen LogP contribution in [-0.4, -0.2) is 4.57 Å². The Hall–Kier alpha value is -8.20. The molecule has 0 aliphatic heterocycles. The average Bonchev–Trinajstić information content (AvgIpc) is 1.85. The number of fused-ring (bicyclic) bond motifs is 3. The van der Waals surface area contributed by atoms with Crippen LogP contribution in [0, 0.1) is 0 Å². The molecule has 85 heavy (non-hydrogen) atoms. The number of hydrogen-bond donors (Lipinski definition) is 0. The van der Waals surface area contributed by atoms with Gasteiger partial charge in [0.25, 0.3) is 0 Å². The molecule has 1 heterocycles. The van der Waals surface area contributed by atoms with E-state index in [0.29, 0.717) is 0 Å². The molecule has 0 radical (unpaired) electrons. The molecule has 10 aromatic carbocycles. The van der Waals surface area contributed by atoms with E-state index >= 15 is 0 Å². The van der Waals surface area contributed by atoms with Crippen LogP contribution in [-0.2, 0) is 30.1 Å². The van der Waals surface area contributed by atoms with Gasteiger partial charge in [-0.3, -0.25) is 0 Å². The molecular weight excluding hydrogens is 1020 g/mol. The standard InChI is InChI=1S/C83H88N2/c1-10-13-15-17-23-67-57-79(69-43-54-77-76-27-19-20-28-80(76)85(81(77)58-69)75-50-39-64(40-51-75)66-25-21-26-71(55-66)83(7,8)9)68(24-18-16-14-11-2)56-78(67)65-41-52-74(53-42-65)84(72-46-35-62(36-47-72)60-31-29-59(22-12-3)30-32-60)73-48-37-63(38-49-73)61-33-44-70(45-34-61)82(4,5)6/h19-21,25-58H,10-18,22-24H2,1-9H3. The highest BCUT2D eigenvalue weighted by Crippen LogP contribution is 2.42. The van der Waals surface area contributed by atoms with Crippen molar-refractivity contribution in [3.63, 3.8) is 0 Å². The number of hydrogen-bond acceptors (Lipinski definition) is 1. The van der Waals surface area contributed by atoms with Crippen LogP contribution < -0.4 is 4.90 Å². The summed E-state index contributed by atoms with van der Waals surface area (Å²) in [6.07, 6.45) is 14.1. The van der Waals surface area contributed by atoms with Crippen LogP contribution in [0.5, 0.6) is 0 Å². The van der Waals surface area contributed by atoms with Gasteiger partial charge in [0.15, 0.2) is 0 Å². The maximum Gasteiger partial charge on any atom is 0.0547 e. The van der Waals surface area contributed by atoms with Crippen LogP contribution in [0.25, 0.3) is 83.1 Å². The van der Waals surface area contributed by atoms with Gasteiger partial charge in [0.2, 0.25) is 0 Å². The first-order valence-corrected chi connectivity index (χ1v) is 32.0. The third-order valence-corrected chi connectivity index (χ3v) is 17.7. The molecule has 0 atom stereocenters. The van der Waals surface area contributed by atoms with Crippen molar-refractivity contribution < 1.29 is 0 Å². The Labute approximate surface area is 509 Å². The van der Waals surface area contributed by atoms with E-state index < -0.39 is 0 Å². The fourth-order valence-corrected chi connectivity index (χ4v) is 12.7. The minimum absolute atomic E-state index is 0.0862. The van der Waals surface area contributed by atoms with Gasteiger partial charge in [-0.2, -0.15) is 0 Å². The van der Waals surface area contributed by atoms with Crippen molar-refractivity contribution in [1.82, 2.24) is 4.57 Å². The van der Waals surface area contributed by atoms with E-state index in [1.54, 1.807) is 0 Å². The van der Waals surface area contributed by atoms with Crippen molar-refractivity contribution in [2.24, 2.45) is 0 Å². The Morgan fingerprint density at radius 1 is 0.318 bits per heavy atom. The molecular formula is C83H88N2. The highest BCUT2D eigenvalue weighted by molar-refractivity contribution is 6.10. The normalized spacial score (nSPS) is 11.9. The lowest BCUT2D eigenvalue weighted by atomic mass is 9.85. The Morgan fingerprint density at radius 2 is 0.776 bits per heavy atom. The van der Waals surface area contributed by atoms with Crippen LogP contribution in [0.3, 0.4) is 0 Å². The van der Waals surface area contributed by atoms with E-state index in [1.807, 2.05) is 0 Å². The summed E-state index contributed by atoms with van der Waals surface area (Å²) in [6.45, 7) is 20.6. The average molecular weight is 1110 g/mol. The molecule has 11 rings (SSSR count). The molecule has 0 N–H and O–H groups in total. The summed E-state index contributed by atoms with van der Waals surface area (Å²) in [5, 5.41) is 2.56. The molecule has 0 amide bonds. The fraction of sp³-hybridized carbons (Fsp3) is 0.277. The van der Waals surface area contributed by atoms with Gasteiger partial charge < -0.3 is 9.47 Å². The minimum atomic E-state index is 0.0862. The first kappa shape index (κ1) is 58.6. The van der Waals surface area contributed by atoms with E-state index in [-0.39, 0.29) is 10.8 Å². The zero-order valence-electron chi connectivity index (χ0n) is 52.2. The van der Waals surface area contributed by atoms with Gasteiger partial charge in [-0.05, 0) is 187 Å². The van der Waals surface area contributed by atoms with Crippen LogP contribution >= 0.6 is 0 Å². The van der Waals surface area contributed by atoms with Gasteiger partial charge in [0.1, 0.15) is 0 Å². The van der Waals surface area contributed by atoms with E-state index in [2.05, 4.69) is 296 Å². The molecule has 0 saturated heterocycles. The second-order valence-corrected chi connectivity index (χ2v) is 26.0. The second-order valence-electron chi connectivity index (χ2n) is 26.0. The van der Waals surface area contributed by atoms with Crippen molar-refractivity contribution in [3.05, 3.63) is 252 Å². The van der Waals surface area contributed by atoms with Gasteiger partial charge in [-0.15, -0.1) is 0 Å². The van der Waals surface area contributed by atoms with Crippen molar-refractivity contribution in [2.45, 2.75) is 150 Å². The lowest BCUT2D eigenvalue weighted by Gasteiger charge is -2.26. The summed E-state index contributed by atoms with van der Waals surface area (Å²) >= 11 is 0. The van der Waals surface area contributed by atoms with E-state index in [0.717, 1.165) is 42.7 Å². The zero-order chi connectivity index (χ0) is 59.1. The van der Waals surface area contributed by atoms with Gasteiger partial charge in [0, 0.05) is 33.5 Å². The molecule has 0 aliphatic rings. The lowest BCUT2D eigenvalue weighted by Crippen LogP contribution is -2.10. The minimum Gasteiger partial charge on any atom is -0.311 e. The van der Waals surface area contributed by atoms with E-state index in [1.165, 1.54) is 162 Å². The summed E-state index contributed by atoms with van der Waals surface area (Å²) in [5.41, 5.74) is 26.9. The maximum atomic E-state index is 2.60. The van der Waals surface area contributed by atoms with Crippen molar-refractivity contribution in [1.29, 1.82) is 0 Å². The Bertz CT molecular complexity index is 3990. The van der Waals surface area contributed by atoms with Crippen molar-refractivity contribution in [2.75, 3.05) is 4.90 Å². The first-order valence-electron chi connectivity index (χ1n) is 32.0. The third-order valence-electron chi connectivity index (χ3n) is 17.7. The molecule has 11 aromatic rings. The van der Waals surface area contributed by atoms with E-state index in [4.69, 9.17) is 0 Å². The molecule has 1 aromatic heterocycles. The SMILES string of the molecule is CCCCCCc1cc(-c2ccc3c4ccccc4n(-c4ccc(-c5cccc(C(C)(C)C)c5)cc4)c3c2)c(CCCCCC)cc1-c1ccc(N(c2ccc(-c3ccc(CCC)cc3)cc2)c2ccc(-c3ccc(C(C)(C)C)cc3)cc2)cc1. The summed E-state index contributed by atoms with van der Waals surface area (Å²) < 4.78 is 2.50. The molecule has 0 unspecified atom stereocenters. The zero-order valence-corrected chi connectivity index (χ0v) is 52.2. The second kappa shape index (κ2) is 26.0. The number of nitrogens with zero attached hydrogens (tertiary/aromatic N) is 2.